The standard InChI is InChI=1S/C17H22N2O/c1-10(2)6-16-18-15(17(20)19-16)9-14-12(4)7-11(3)8-13(14)5/h7-10H,6H2,1-5H3,(H,18,19,20)/b15-9-. The first kappa shape index (κ1) is 14.5. The average molecular weight is 270 g/mol. The van der Waals surface area contributed by atoms with Gasteiger partial charge in [0.15, 0.2) is 0 Å². The quantitative estimate of drug-likeness (QED) is 0.839. The van der Waals surface area contributed by atoms with Crippen LogP contribution >= 0.6 is 0 Å². The summed E-state index contributed by atoms with van der Waals surface area (Å²) < 4.78 is 0. The Hall–Kier alpha value is -1.90. The van der Waals surface area contributed by atoms with Crippen LogP contribution in [-0.2, 0) is 4.79 Å². The number of carbonyl (C=O) groups is 1. The topological polar surface area (TPSA) is 41.5 Å². The molecule has 3 nitrogen and oxygen atoms in total. The monoisotopic (exact) mass is 270 g/mol. The van der Waals surface area contributed by atoms with Gasteiger partial charge >= 0.3 is 0 Å². The zero-order chi connectivity index (χ0) is 14.9. The normalized spacial score (nSPS) is 16.8. The lowest BCUT2D eigenvalue weighted by Crippen LogP contribution is -2.25. The fourth-order valence-electron chi connectivity index (χ4n) is 2.56. The molecule has 1 aromatic rings. The molecule has 0 radical (unpaired) electrons. The first-order valence-electron chi connectivity index (χ1n) is 7.05. The highest BCUT2D eigenvalue weighted by Gasteiger charge is 2.20. The van der Waals surface area contributed by atoms with Crippen LogP contribution in [0.2, 0.25) is 0 Å². The molecule has 0 bridgehead atoms. The number of hydrogen-bond donors (Lipinski definition) is 1. The van der Waals surface area contributed by atoms with Gasteiger partial charge in [-0.2, -0.15) is 0 Å². The molecule has 0 aliphatic carbocycles. The van der Waals surface area contributed by atoms with Crippen molar-refractivity contribution in [1.82, 2.24) is 5.32 Å². The second-order valence-electron chi connectivity index (χ2n) is 5.95. The summed E-state index contributed by atoms with van der Waals surface area (Å²) in [6.07, 6.45) is 2.70. The molecule has 0 unspecified atom stereocenters. The van der Waals surface area contributed by atoms with Gasteiger partial charge in [-0.1, -0.05) is 31.5 Å². The van der Waals surface area contributed by atoms with E-state index >= 15 is 0 Å². The molecule has 1 aromatic carbocycles. The lowest BCUT2D eigenvalue weighted by Gasteiger charge is -2.07. The summed E-state index contributed by atoms with van der Waals surface area (Å²) >= 11 is 0. The van der Waals surface area contributed by atoms with Gasteiger partial charge in [0.05, 0.1) is 0 Å². The van der Waals surface area contributed by atoms with Crippen molar-refractivity contribution in [1.29, 1.82) is 0 Å². The van der Waals surface area contributed by atoms with Crippen LogP contribution in [0.25, 0.3) is 6.08 Å². The molecule has 0 saturated heterocycles. The van der Waals surface area contributed by atoms with E-state index in [4.69, 9.17) is 0 Å². The minimum atomic E-state index is -0.0972. The van der Waals surface area contributed by atoms with Crippen LogP contribution in [-0.4, -0.2) is 11.7 Å². The second kappa shape index (κ2) is 5.61. The number of benzene rings is 1. The Labute approximate surface area is 120 Å². The number of carbonyl (C=O) groups excluding carboxylic acids is 1. The molecular formula is C17H22N2O. The summed E-state index contributed by atoms with van der Waals surface area (Å²) in [6, 6.07) is 4.26. The summed E-state index contributed by atoms with van der Waals surface area (Å²) in [5.41, 5.74) is 5.19. The first-order chi connectivity index (χ1) is 9.36. The maximum Gasteiger partial charge on any atom is 0.275 e. The largest absolute Gasteiger partial charge is 0.309 e. The third-order valence-corrected chi connectivity index (χ3v) is 3.37. The number of amidine groups is 1. The summed E-state index contributed by atoms with van der Waals surface area (Å²) in [4.78, 5) is 16.4. The summed E-state index contributed by atoms with van der Waals surface area (Å²) in [7, 11) is 0. The Morgan fingerprint density at radius 2 is 1.80 bits per heavy atom. The van der Waals surface area contributed by atoms with Crippen molar-refractivity contribution in [3.05, 3.63) is 40.1 Å². The molecule has 106 valence electrons. The smallest absolute Gasteiger partial charge is 0.275 e. The van der Waals surface area contributed by atoms with E-state index in [0.29, 0.717) is 11.6 Å². The Morgan fingerprint density at radius 1 is 1.20 bits per heavy atom. The van der Waals surface area contributed by atoms with Crippen molar-refractivity contribution in [2.75, 3.05) is 0 Å². The predicted molar refractivity (Wildman–Crippen MR) is 83.7 cm³/mol. The summed E-state index contributed by atoms with van der Waals surface area (Å²) in [5.74, 6) is 1.16. The molecule has 1 heterocycles. The van der Waals surface area contributed by atoms with Crippen LogP contribution < -0.4 is 5.32 Å². The Bertz CT molecular complexity index is 586. The van der Waals surface area contributed by atoms with Crippen LogP contribution in [0.3, 0.4) is 0 Å². The van der Waals surface area contributed by atoms with Gasteiger partial charge < -0.3 is 5.32 Å². The molecule has 0 aromatic heterocycles. The molecule has 1 N–H and O–H groups in total. The summed E-state index contributed by atoms with van der Waals surface area (Å²) in [6.45, 7) is 10.4. The third-order valence-electron chi connectivity index (χ3n) is 3.37. The van der Waals surface area contributed by atoms with E-state index < -0.39 is 0 Å². The van der Waals surface area contributed by atoms with Gasteiger partial charge in [0.1, 0.15) is 11.5 Å². The van der Waals surface area contributed by atoms with Gasteiger partial charge in [-0.25, -0.2) is 4.99 Å². The fourth-order valence-corrected chi connectivity index (χ4v) is 2.56. The van der Waals surface area contributed by atoms with Crippen LogP contribution in [0.4, 0.5) is 0 Å². The molecule has 1 aliphatic heterocycles. The summed E-state index contributed by atoms with van der Waals surface area (Å²) in [5, 5.41) is 2.85. The molecule has 3 heteroatoms. The van der Waals surface area contributed by atoms with Crippen LogP contribution in [0.1, 0.15) is 42.5 Å². The minimum Gasteiger partial charge on any atom is -0.309 e. The Morgan fingerprint density at radius 3 is 2.35 bits per heavy atom. The minimum absolute atomic E-state index is 0.0972. The molecule has 0 spiro atoms. The fraction of sp³-hybridized carbons (Fsp3) is 0.412. The van der Waals surface area contributed by atoms with Gasteiger partial charge in [-0.3, -0.25) is 4.79 Å². The van der Waals surface area contributed by atoms with E-state index in [1.54, 1.807) is 0 Å². The second-order valence-corrected chi connectivity index (χ2v) is 5.95. The zero-order valence-corrected chi connectivity index (χ0v) is 12.9. The van der Waals surface area contributed by atoms with Gasteiger partial charge in [0, 0.05) is 6.42 Å². The molecule has 0 saturated carbocycles. The number of aliphatic imine (C=N–C) groups is 1. The predicted octanol–water partition coefficient (Wildman–Crippen LogP) is 3.53. The van der Waals surface area contributed by atoms with Crippen LogP contribution in [0, 0.1) is 26.7 Å². The van der Waals surface area contributed by atoms with E-state index in [9.17, 15) is 4.79 Å². The average Bonchev–Trinajstić information content (AvgIpc) is 2.63. The Kier molecular flexibility index (Phi) is 4.07. The Balaban J connectivity index is 2.36. The lowest BCUT2D eigenvalue weighted by atomic mass is 9.99. The van der Waals surface area contributed by atoms with Crippen molar-refractivity contribution in [2.45, 2.75) is 41.0 Å². The maximum atomic E-state index is 12.0. The van der Waals surface area contributed by atoms with Gasteiger partial charge in [-0.05, 0) is 49.5 Å². The number of amides is 1. The van der Waals surface area contributed by atoms with Crippen molar-refractivity contribution < 1.29 is 4.79 Å². The highest BCUT2D eigenvalue weighted by molar-refractivity contribution is 6.14. The van der Waals surface area contributed by atoms with Crippen molar-refractivity contribution in [3.63, 3.8) is 0 Å². The highest BCUT2D eigenvalue weighted by atomic mass is 16.2. The third kappa shape index (κ3) is 3.16. The highest BCUT2D eigenvalue weighted by Crippen LogP contribution is 2.21. The molecule has 0 atom stereocenters. The maximum absolute atomic E-state index is 12.0. The molecule has 0 fully saturated rings. The molecule has 1 aliphatic rings. The lowest BCUT2D eigenvalue weighted by molar-refractivity contribution is -0.115. The van der Waals surface area contributed by atoms with E-state index in [0.717, 1.165) is 17.8 Å². The van der Waals surface area contributed by atoms with Crippen molar-refractivity contribution in [3.8, 4) is 0 Å². The molecule has 2 rings (SSSR count). The van der Waals surface area contributed by atoms with E-state index in [2.05, 4.69) is 57.1 Å². The number of nitrogens with one attached hydrogen (secondary N) is 1. The first-order valence-corrected chi connectivity index (χ1v) is 7.05. The molecule has 1 amide bonds. The van der Waals surface area contributed by atoms with E-state index in [1.807, 2.05) is 6.08 Å². The van der Waals surface area contributed by atoms with Gasteiger partial charge in [0.25, 0.3) is 5.91 Å². The molecule has 20 heavy (non-hydrogen) atoms. The SMILES string of the molecule is Cc1cc(C)c(/C=C2\N=C(CC(C)C)NC2=O)c(C)c1. The van der Waals surface area contributed by atoms with Gasteiger partial charge in [0.2, 0.25) is 0 Å². The molecular weight excluding hydrogens is 248 g/mol. The van der Waals surface area contributed by atoms with Crippen molar-refractivity contribution in [2.24, 2.45) is 10.9 Å². The van der Waals surface area contributed by atoms with Crippen molar-refractivity contribution >= 4 is 17.8 Å². The van der Waals surface area contributed by atoms with Crippen LogP contribution in [0.15, 0.2) is 22.8 Å². The van der Waals surface area contributed by atoms with Crippen LogP contribution in [0.5, 0.6) is 0 Å². The van der Waals surface area contributed by atoms with E-state index in [-0.39, 0.29) is 5.91 Å². The number of aryl methyl sites for hydroxylation is 3. The number of hydrogen-bond acceptors (Lipinski definition) is 2. The number of nitrogens with zero attached hydrogens (tertiary/aromatic N) is 1. The number of rotatable bonds is 3. The van der Waals surface area contributed by atoms with E-state index in [1.165, 1.54) is 16.7 Å². The zero-order valence-electron chi connectivity index (χ0n) is 12.9. The van der Waals surface area contributed by atoms with Gasteiger partial charge in [-0.15, -0.1) is 0 Å².